The van der Waals surface area contributed by atoms with Gasteiger partial charge in [0.1, 0.15) is 0 Å². The van der Waals surface area contributed by atoms with Gasteiger partial charge in [-0.05, 0) is 36.8 Å². The second kappa shape index (κ2) is 5.19. The molecule has 0 saturated heterocycles. The predicted octanol–water partition coefficient (Wildman–Crippen LogP) is 2.60. The van der Waals surface area contributed by atoms with Gasteiger partial charge in [-0.3, -0.25) is 4.98 Å². The molecule has 0 aliphatic rings. The molecule has 0 unspecified atom stereocenters. The number of nitrogens with zero attached hydrogens (tertiary/aromatic N) is 1. The molecule has 19 heavy (non-hydrogen) atoms. The highest BCUT2D eigenvalue weighted by Crippen LogP contribution is 2.26. The third kappa shape index (κ3) is 3.05. The SMILES string of the molecule is Cc1cccnc1CS(=O)(=O)c1cc(N)ccc1Cl. The summed E-state index contributed by atoms with van der Waals surface area (Å²) in [5.41, 5.74) is 7.31. The van der Waals surface area contributed by atoms with E-state index in [9.17, 15) is 8.42 Å². The smallest absolute Gasteiger partial charge is 0.185 e. The van der Waals surface area contributed by atoms with Gasteiger partial charge in [-0.1, -0.05) is 17.7 Å². The lowest BCUT2D eigenvalue weighted by Gasteiger charge is -2.08. The summed E-state index contributed by atoms with van der Waals surface area (Å²) in [5.74, 6) is -0.192. The number of rotatable bonds is 3. The Morgan fingerprint density at radius 2 is 2.05 bits per heavy atom. The fourth-order valence-corrected chi connectivity index (χ4v) is 3.65. The topological polar surface area (TPSA) is 73.0 Å². The van der Waals surface area contributed by atoms with Crippen molar-refractivity contribution >= 4 is 27.1 Å². The third-order valence-electron chi connectivity index (χ3n) is 2.73. The van der Waals surface area contributed by atoms with Crippen LogP contribution in [-0.4, -0.2) is 13.4 Å². The number of anilines is 1. The first-order valence-electron chi connectivity index (χ1n) is 5.58. The summed E-state index contributed by atoms with van der Waals surface area (Å²) in [7, 11) is -3.56. The Kier molecular flexibility index (Phi) is 3.78. The highest BCUT2D eigenvalue weighted by atomic mass is 35.5. The molecule has 100 valence electrons. The van der Waals surface area contributed by atoms with Crippen LogP contribution in [0.15, 0.2) is 41.4 Å². The number of sulfone groups is 1. The first-order valence-corrected chi connectivity index (χ1v) is 7.61. The zero-order chi connectivity index (χ0) is 14.0. The lowest BCUT2D eigenvalue weighted by Crippen LogP contribution is -2.08. The van der Waals surface area contributed by atoms with E-state index in [0.29, 0.717) is 11.4 Å². The molecule has 2 N–H and O–H groups in total. The summed E-state index contributed by atoms with van der Waals surface area (Å²) in [6, 6.07) is 8.00. The molecule has 0 saturated carbocycles. The van der Waals surface area contributed by atoms with Crippen molar-refractivity contribution in [1.82, 2.24) is 4.98 Å². The molecular formula is C13H13ClN2O2S. The first-order chi connectivity index (χ1) is 8.90. The molecule has 4 nitrogen and oxygen atoms in total. The maximum Gasteiger partial charge on any atom is 0.185 e. The van der Waals surface area contributed by atoms with E-state index in [1.165, 1.54) is 12.1 Å². The maximum absolute atomic E-state index is 12.3. The number of hydrogen-bond donors (Lipinski definition) is 1. The summed E-state index contributed by atoms with van der Waals surface area (Å²) in [4.78, 5) is 4.13. The lowest BCUT2D eigenvalue weighted by molar-refractivity contribution is 0.594. The van der Waals surface area contributed by atoms with Crippen molar-refractivity contribution < 1.29 is 8.42 Å². The van der Waals surface area contributed by atoms with Crippen LogP contribution in [0.3, 0.4) is 0 Å². The van der Waals surface area contributed by atoms with Gasteiger partial charge >= 0.3 is 0 Å². The van der Waals surface area contributed by atoms with Crippen LogP contribution in [0.25, 0.3) is 0 Å². The van der Waals surface area contributed by atoms with Crippen LogP contribution in [0.2, 0.25) is 5.02 Å². The van der Waals surface area contributed by atoms with E-state index in [1.54, 1.807) is 18.3 Å². The van der Waals surface area contributed by atoms with Gasteiger partial charge in [-0.15, -0.1) is 0 Å². The molecule has 0 aliphatic carbocycles. The van der Waals surface area contributed by atoms with Crippen LogP contribution in [0.1, 0.15) is 11.3 Å². The van der Waals surface area contributed by atoms with E-state index in [1.807, 2.05) is 13.0 Å². The Balaban J connectivity index is 2.44. The van der Waals surface area contributed by atoms with Crippen LogP contribution >= 0.6 is 11.6 Å². The molecule has 2 aromatic rings. The van der Waals surface area contributed by atoms with Gasteiger partial charge in [-0.25, -0.2) is 8.42 Å². The maximum atomic E-state index is 12.3. The molecule has 1 heterocycles. The number of pyridine rings is 1. The number of benzene rings is 1. The summed E-state index contributed by atoms with van der Waals surface area (Å²) in [6.45, 7) is 1.82. The number of nitrogen functional groups attached to an aromatic ring is 1. The minimum absolute atomic E-state index is 0.0409. The van der Waals surface area contributed by atoms with E-state index in [4.69, 9.17) is 17.3 Å². The zero-order valence-electron chi connectivity index (χ0n) is 10.3. The molecule has 0 amide bonds. The Morgan fingerprint density at radius 1 is 1.32 bits per heavy atom. The van der Waals surface area contributed by atoms with Gasteiger partial charge < -0.3 is 5.73 Å². The molecule has 1 aromatic carbocycles. The van der Waals surface area contributed by atoms with Gasteiger partial charge in [-0.2, -0.15) is 0 Å². The quantitative estimate of drug-likeness (QED) is 0.884. The van der Waals surface area contributed by atoms with Crippen molar-refractivity contribution in [3.05, 3.63) is 52.8 Å². The number of halogens is 1. The number of hydrogen-bond acceptors (Lipinski definition) is 4. The molecule has 1 aromatic heterocycles. The fraction of sp³-hybridized carbons (Fsp3) is 0.154. The molecular weight excluding hydrogens is 284 g/mol. The number of nitrogens with two attached hydrogens (primary N) is 1. The molecule has 2 rings (SSSR count). The van der Waals surface area contributed by atoms with Crippen LogP contribution in [0.4, 0.5) is 5.69 Å². The molecule has 0 spiro atoms. The van der Waals surface area contributed by atoms with E-state index < -0.39 is 9.84 Å². The molecule has 0 fully saturated rings. The van der Waals surface area contributed by atoms with Crippen molar-refractivity contribution in [2.75, 3.05) is 5.73 Å². The van der Waals surface area contributed by atoms with Crippen LogP contribution < -0.4 is 5.73 Å². The van der Waals surface area contributed by atoms with Gasteiger partial charge in [0.2, 0.25) is 0 Å². The van der Waals surface area contributed by atoms with E-state index in [2.05, 4.69) is 4.98 Å². The summed E-state index contributed by atoms with van der Waals surface area (Å²) in [6.07, 6.45) is 1.57. The Bertz CT molecular complexity index is 714. The minimum Gasteiger partial charge on any atom is -0.399 e. The van der Waals surface area contributed by atoms with Crippen molar-refractivity contribution in [2.24, 2.45) is 0 Å². The molecule has 6 heteroatoms. The average Bonchev–Trinajstić information content (AvgIpc) is 2.35. The summed E-state index contributed by atoms with van der Waals surface area (Å²) in [5, 5.41) is 0.169. The van der Waals surface area contributed by atoms with Gasteiger partial charge in [0.15, 0.2) is 9.84 Å². The van der Waals surface area contributed by atoms with Crippen molar-refractivity contribution in [1.29, 1.82) is 0 Å². The number of aromatic nitrogens is 1. The minimum atomic E-state index is -3.56. The normalized spacial score (nSPS) is 11.5. The standard InChI is InChI=1S/C13H13ClN2O2S/c1-9-3-2-6-16-12(9)8-19(17,18)13-7-10(15)4-5-11(13)14/h2-7H,8,15H2,1H3. The van der Waals surface area contributed by atoms with E-state index >= 15 is 0 Å². The van der Waals surface area contributed by atoms with Crippen LogP contribution in [-0.2, 0) is 15.6 Å². The zero-order valence-corrected chi connectivity index (χ0v) is 11.9. The van der Waals surface area contributed by atoms with Gasteiger partial charge in [0.25, 0.3) is 0 Å². The van der Waals surface area contributed by atoms with Crippen LogP contribution in [0.5, 0.6) is 0 Å². The van der Waals surface area contributed by atoms with Crippen molar-refractivity contribution in [3.8, 4) is 0 Å². The lowest BCUT2D eigenvalue weighted by atomic mass is 10.2. The fourth-order valence-electron chi connectivity index (χ4n) is 1.69. The van der Waals surface area contributed by atoms with Gasteiger partial charge in [0.05, 0.1) is 21.4 Å². The monoisotopic (exact) mass is 296 g/mol. The van der Waals surface area contributed by atoms with E-state index in [-0.39, 0.29) is 15.7 Å². The second-order valence-corrected chi connectivity index (χ2v) is 6.58. The highest BCUT2D eigenvalue weighted by Gasteiger charge is 2.20. The molecule has 0 atom stereocenters. The van der Waals surface area contributed by atoms with Crippen LogP contribution in [0, 0.1) is 6.92 Å². The summed E-state index contributed by atoms with van der Waals surface area (Å²) < 4.78 is 24.7. The average molecular weight is 297 g/mol. The Labute approximate surface area is 117 Å². The van der Waals surface area contributed by atoms with Crippen molar-refractivity contribution in [2.45, 2.75) is 17.6 Å². The Morgan fingerprint density at radius 3 is 2.74 bits per heavy atom. The summed E-state index contributed by atoms with van der Waals surface area (Å²) >= 11 is 5.93. The first kappa shape index (κ1) is 13.8. The molecule has 0 aliphatic heterocycles. The van der Waals surface area contributed by atoms with E-state index in [0.717, 1.165) is 5.56 Å². The third-order valence-corrected chi connectivity index (χ3v) is 4.84. The highest BCUT2D eigenvalue weighted by molar-refractivity contribution is 7.90. The predicted molar refractivity (Wildman–Crippen MR) is 75.7 cm³/mol. The van der Waals surface area contributed by atoms with Gasteiger partial charge in [0, 0.05) is 11.9 Å². The second-order valence-electron chi connectivity index (χ2n) is 4.22. The largest absolute Gasteiger partial charge is 0.399 e. The molecule has 0 bridgehead atoms. The molecule has 0 radical (unpaired) electrons. The number of aryl methyl sites for hydroxylation is 1. The van der Waals surface area contributed by atoms with Crippen molar-refractivity contribution in [3.63, 3.8) is 0 Å². The Hall–Kier alpha value is -1.59.